The average molecular weight is 429 g/mol. The first-order valence-electron chi connectivity index (χ1n) is 10.5. The van der Waals surface area contributed by atoms with Gasteiger partial charge in [0.25, 0.3) is 0 Å². The van der Waals surface area contributed by atoms with Gasteiger partial charge in [0, 0.05) is 25.3 Å². The third-order valence-electron chi connectivity index (χ3n) is 6.00. The van der Waals surface area contributed by atoms with E-state index in [2.05, 4.69) is 0 Å². The number of benzene rings is 2. The monoisotopic (exact) mass is 428 g/mol. The van der Waals surface area contributed by atoms with E-state index in [1.54, 1.807) is 34.5 Å². The molecule has 2 aromatic carbocycles. The van der Waals surface area contributed by atoms with Crippen molar-refractivity contribution in [2.45, 2.75) is 43.9 Å². The molecule has 0 saturated carbocycles. The maximum absolute atomic E-state index is 13.1. The van der Waals surface area contributed by atoms with Crippen molar-refractivity contribution in [1.29, 1.82) is 0 Å². The van der Waals surface area contributed by atoms with Crippen LogP contribution < -0.4 is 9.64 Å². The number of hydrogen-bond acceptors (Lipinski definition) is 4. The van der Waals surface area contributed by atoms with Crippen LogP contribution in [0.4, 0.5) is 5.69 Å². The molecule has 2 aliphatic heterocycles. The second kappa shape index (κ2) is 8.40. The van der Waals surface area contributed by atoms with Crippen LogP contribution >= 0.6 is 0 Å². The number of sulfonamides is 1. The Morgan fingerprint density at radius 1 is 1.03 bits per heavy atom. The lowest BCUT2D eigenvalue weighted by Crippen LogP contribution is -2.36. The van der Waals surface area contributed by atoms with Gasteiger partial charge < -0.3 is 9.64 Å². The van der Waals surface area contributed by atoms with Gasteiger partial charge in [-0.2, -0.15) is 4.31 Å². The van der Waals surface area contributed by atoms with Crippen LogP contribution in [0.2, 0.25) is 0 Å². The Kier molecular flexibility index (Phi) is 5.84. The second-order valence-electron chi connectivity index (χ2n) is 8.03. The number of fused-ring (bicyclic) bond motifs is 1. The first-order valence-corrected chi connectivity index (χ1v) is 11.9. The van der Waals surface area contributed by atoms with Crippen LogP contribution in [0.5, 0.6) is 5.75 Å². The maximum Gasteiger partial charge on any atom is 0.243 e. The van der Waals surface area contributed by atoms with Gasteiger partial charge >= 0.3 is 0 Å². The van der Waals surface area contributed by atoms with E-state index in [4.69, 9.17) is 4.74 Å². The van der Waals surface area contributed by atoms with Crippen LogP contribution in [0.15, 0.2) is 41.3 Å². The molecule has 1 amide bonds. The van der Waals surface area contributed by atoms with Crippen molar-refractivity contribution in [3.8, 4) is 5.75 Å². The predicted octanol–water partition coefficient (Wildman–Crippen LogP) is 3.31. The molecule has 0 unspecified atom stereocenters. The van der Waals surface area contributed by atoms with Crippen LogP contribution in [-0.4, -0.2) is 45.4 Å². The summed E-state index contributed by atoms with van der Waals surface area (Å²) < 4.78 is 32.7. The van der Waals surface area contributed by atoms with Gasteiger partial charge in [-0.25, -0.2) is 8.42 Å². The second-order valence-corrected chi connectivity index (χ2v) is 9.97. The van der Waals surface area contributed by atoms with Gasteiger partial charge in [0.1, 0.15) is 5.75 Å². The van der Waals surface area contributed by atoms with Crippen LogP contribution in [0.3, 0.4) is 0 Å². The quantitative estimate of drug-likeness (QED) is 0.733. The Hall–Kier alpha value is -2.38. The molecule has 0 spiro atoms. The highest BCUT2D eigenvalue weighted by molar-refractivity contribution is 7.89. The zero-order valence-electron chi connectivity index (χ0n) is 17.6. The summed E-state index contributed by atoms with van der Waals surface area (Å²) in [4.78, 5) is 15.2. The van der Waals surface area contributed by atoms with Crippen molar-refractivity contribution in [3.63, 3.8) is 0 Å². The molecule has 0 bridgehead atoms. The third kappa shape index (κ3) is 3.96. The number of hydrogen-bond donors (Lipinski definition) is 0. The highest BCUT2D eigenvalue weighted by Crippen LogP contribution is 2.32. The summed E-state index contributed by atoms with van der Waals surface area (Å²) in [5.74, 6) is 0.785. The van der Waals surface area contributed by atoms with Gasteiger partial charge in [0.05, 0.1) is 18.4 Å². The van der Waals surface area contributed by atoms with Crippen molar-refractivity contribution in [3.05, 3.63) is 53.1 Å². The molecule has 0 atom stereocenters. The lowest BCUT2D eigenvalue weighted by atomic mass is 10.0. The molecule has 4 rings (SSSR count). The molecule has 1 saturated heterocycles. The fraction of sp³-hybridized carbons (Fsp3) is 0.435. The van der Waals surface area contributed by atoms with Crippen LogP contribution in [0.1, 0.15) is 36.0 Å². The Labute approximate surface area is 178 Å². The molecule has 6 nitrogen and oxygen atoms in total. The summed E-state index contributed by atoms with van der Waals surface area (Å²) in [5, 5.41) is 0. The van der Waals surface area contributed by atoms with Crippen LogP contribution in [0.25, 0.3) is 0 Å². The number of nitrogens with zero attached hydrogens (tertiary/aromatic N) is 2. The Bertz CT molecular complexity index is 1060. The fourth-order valence-electron chi connectivity index (χ4n) is 4.31. The minimum absolute atomic E-state index is 0.0111. The summed E-state index contributed by atoms with van der Waals surface area (Å²) in [7, 11) is -1.83. The molecule has 0 radical (unpaired) electrons. The van der Waals surface area contributed by atoms with E-state index >= 15 is 0 Å². The molecule has 160 valence electrons. The summed E-state index contributed by atoms with van der Waals surface area (Å²) in [6, 6.07) is 11.0. The molecule has 1 fully saturated rings. The van der Waals surface area contributed by atoms with E-state index in [1.807, 2.05) is 25.1 Å². The molecule has 0 N–H and O–H groups in total. The number of anilines is 1. The van der Waals surface area contributed by atoms with E-state index in [0.29, 0.717) is 24.5 Å². The zero-order valence-corrected chi connectivity index (χ0v) is 18.4. The summed E-state index contributed by atoms with van der Waals surface area (Å²) in [5.41, 5.74) is 3.69. The number of aryl methyl sites for hydroxylation is 2. The van der Waals surface area contributed by atoms with Gasteiger partial charge in [-0.15, -0.1) is 0 Å². The Morgan fingerprint density at radius 3 is 2.53 bits per heavy atom. The number of methoxy groups -OCH3 is 1. The SMILES string of the molecule is COc1cc(CC(=O)N2CCCc3cc(S(=O)(=O)N4CCCC4)ccc32)ccc1C. The highest BCUT2D eigenvalue weighted by atomic mass is 32.2. The van der Waals surface area contributed by atoms with Crippen molar-refractivity contribution < 1.29 is 17.9 Å². The van der Waals surface area contributed by atoms with Crippen LogP contribution in [0, 0.1) is 6.92 Å². The zero-order chi connectivity index (χ0) is 21.3. The maximum atomic E-state index is 13.1. The van der Waals surface area contributed by atoms with E-state index in [0.717, 1.165) is 53.8 Å². The first kappa shape index (κ1) is 20.9. The van der Waals surface area contributed by atoms with Crippen molar-refractivity contribution in [2.75, 3.05) is 31.6 Å². The smallest absolute Gasteiger partial charge is 0.243 e. The molecule has 2 aromatic rings. The lowest BCUT2D eigenvalue weighted by Gasteiger charge is -2.30. The first-order chi connectivity index (χ1) is 14.4. The Balaban J connectivity index is 1.57. The number of rotatable bonds is 5. The molecule has 2 heterocycles. The number of amides is 1. The molecule has 0 aromatic heterocycles. The van der Waals surface area contributed by atoms with Crippen molar-refractivity contribution >= 4 is 21.6 Å². The van der Waals surface area contributed by atoms with Crippen LogP contribution in [-0.2, 0) is 27.7 Å². The largest absolute Gasteiger partial charge is 0.496 e. The van der Waals surface area contributed by atoms with Gasteiger partial charge in [-0.1, -0.05) is 12.1 Å². The molecule has 30 heavy (non-hydrogen) atoms. The lowest BCUT2D eigenvalue weighted by molar-refractivity contribution is -0.118. The van der Waals surface area contributed by atoms with Crippen molar-refractivity contribution in [2.24, 2.45) is 0 Å². The fourth-order valence-corrected chi connectivity index (χ4v) is 5.88. The van der Waals surface area contributed by atoms with E-state index in [1.165, 1.54) is 0 Å². The number of carbonyl (C=O) groups excluding carboxylic acids is 1. The number of ether oxygens (including phenoxy) is 1. The standard InChI is InChI=1S/C23H28N2O4S/c1-17-7-8-18(14-22(17)29-2)15-23(26)25-13-5-6-19-16-20(9-10-21(19)25)30(27,28)24-11-3-4-12-24/h7-10,14,16H,3-6,11-13,15H2,1-2H3. The van der Waals surface area contributed by atoms with Crippen molar-refractivity contribution in [1.82, 2.24) is 4.31 Å². The van der Waals surface area contributed by atoms with Gasteiger partial charge in [0.2, 0.25) is 15.9 Å². The highest BCUT2D eigenvalue weighted by Gasteiger charge is 2.29. The molecule has 7 heteroatoms. The van der Waals surface area contributed by atoms with Gasteiger partial charge in [-0.05, 0) is 73.6 Å². The number of carbonyl (C=O) groups is 1. The van der Waals surface area contributed by atoms with E-state index in [-0.39, 0.29) is 12.3 Å². The third-order valence-corrected chi connectivity index (χ3v) is 7.90. The van der Waals surface area contributed by atoms with E-state index in [9.17, 15) is 13.2 Å². The predicted molar refractivity (Wildman–Crippen MR) is 117 cm³/mol. The summed E-state index contributed by atoms with van der Waals surface area (Å²) in [6.07, 6.45) is 3.71. The summed E-state index contributed by atoms with van der Waals surface area (Å²) >= 11 is 0. The van der Waals surface area contributed by atoms with E-state index < -0.39 is 10.0 Å². The molecular formula is C23H28N2O4S. The minimum atomic E-state index is -3.45. The normalized spacial score (nSPS) is 17.1. The average Bonchev–Trinajstić information content (AvgIpc) is 3.30. The molecule has 0 aliphatic carbocycles. The topological polar surface area (TPSA) is 66.9 Å². The molecular weight excluding hydrogens is 400 g/mol. The Morgan fingerprint density at radius 2 is 1.80 bits per heavy atom. The minimum Gasteiger partial charge on any atom is -0.496 e. The van der Waals surface area contributed by atoms with Gasteiger partial charge in [-0.3, -0.25) is 4.79 Å². The van der Waals surface area contributed by atoms with Gasteiger partial charge in [0.15, 0.2) is 0 Å². The molecule has 2 aliphatic rings. The summed E-state index contributed by atoms with van der Waals surface area (Å²) in [6.45, 7) is 3.79.